The third kappa shape index (κ3) is 1.75. The predicted octanol–water partition coefficient (Wildman–Crippen LogP) is 1.22. The van der Waals surface area contributed by atoms with Gasteiger partial charge in [-0.2, -0.15) is 8.42 Å². The molecule has 0 aromatic heterocycles. The summed E-state index contributed by atoms with van der Waals surface area (Å²) in [6.45, 7) is 0. The van der Waals surface area contributed by atoms with Crippen molar-refractivity contribution in [2.45, 2.75) is 4.90 Å². The van der Waals surface area contributed by atoms with Crippen LogP contribution in [0.1, 0.15) is 1.43 Å². The Bertz CT molecular complexity index is 377. The van der Waals surface area contributed by atoms with Crippen molar-refractivity contribution in [3.63, 3.8) is 0 Å². The van der Waals surface area contributed by atoms with Crippen LogP contribution in [0.4, 0.5) is 5.69 Å². The van der Waals surface area contributed by atoms with Crippen molar-refractivity contribution in [2.75, 3.05) is 12.4 Å². The van der Waals surface area contributed by atoms with Crippen molar-refractivity contribution >= 4 is 15.8 Å². The average Bonchev–Trinajstić information content (AvgIpc) is 2.03. The first-order valence-corrected chi connectivity index (χ1v) is 4.74. The first-order valence-electron chi connectivity index (χ1n) is 3.30. The second-order valence-corrected chi connectivity index (χ2v) is 3.61. The van der Waals surface area contributed by atoms with Gasteiger partial charge in [-0.1, -0.05) is 12.1 Å². The number of hydrogen-bond acceptors (Lipinski definition) is 3. The zero-order chi connectivity index (χ0) is 9.19. The van der Waals surface area contributed by atoms with Gasteiger partial charge in [0.15, 0.2) is 0 Å². The van der Waals surface area contributed by atoms with E-state index in [9.17, 15) is 8.42 Å². The van der Waals surface area contributed by atoms with E-state index in [1.165, 1.54) is 6.07 Å². The zero-order valence-electron chi connectivity index (χ0n) is 6.48. The van der Waals surface area contributed by atoms with Crippen molar-refractivity contribution < 1.29 is 14.4 Å². The Kier molecular flexibility index (Phi) is 2.35. The number of hydrogen-bond donors (Lipinski definition) is 2. The second kappa shape index (κ2) is 3.12. The highest BCUT2D eigenvalue weighted by molar-refractivity contribution is 7.86. The van der Waals surface area contributed by atoms with Crippen LogP contribution in [0.3, 0.4) is 0 Å². The number of benzene rings is 1. The average molecular weight is 189 g/mol. The Morgan fingerprint density at radius 3 is 2.42 bits per heavy atom. The molecule has 5 heteroatoms. The molecule has 1 aromatic carbocycles. The van der Waals surface area contributed by atoms with Crippen LogP contribution >= 0.6 is 0 Å². The molecule has 0 unspecified atom stereocenters. The van der Waals surface area contributed by atoms with Crippen LogP contribution in [0.25, 0.3) is 0 Å². The summed E-state index contributed by atoms with van der Waals surface area (Å²) in [5.74, 6) is 0. The molecule has 0 atom stereocenters. The zero-order valence-corrected chi connectivity index (χ0v) is 7.30. The van der Waals surface area contributed by atoms with Crippen LogP contribution in [0.2, 0.25) is 0 Å². The fourth-order valence-corrected chi connectivity index (χ4v) is 1.60. The van der Waals surface area contributed by atoms with Gasteiger partial charge in [0.05, 0.1) is 5.69 Å². The van der Waals surface area contributed by atoms with Crippen LogP contribution in [-0.2, 0) is 10.1 Å². The predicted molar refractivity (Wildman–Crippen MR) is 47.9 cm³/mol. The molecule has 4 nitrogen and oxygen atoms in total. The largest absolute Gasteiger partial charge is 0.387 e. The van der Waals surface area contributed by atoms with Crippen LogP contribution in [-0.4, -0.2) is 20.0 Å². The molecule has 0 aliphatic rings. The van der Waals surface area contributed by atoms with Crippen molar-refractivity contribution in [1.82, 2.24) is 0 Å². The lowest BCUT2D eigenvalue weighted by molar-refractivity contribution is 0.483. The Hall–Kier alpha value is -1.07. The minimum absolute atomic E-state index is 0. The molecule has 0 aliphatic heterocycles. The van der Waals surface area contributed by atoms with Gasteiger partial charge in [-0.15, -0.1) is 0 Å². The molecule has 0 radical (unpaired) electrons. The van der Waals surface area contributed by atoms with Crippen molar-refractivity contribution in [2.24, 2.45) is 0 Å². The fourth-order valence-electron chi connectivity index (χ4n) is 0.898. The molecule has 0 spiro atoms. The number of anilines is 1. The summed E-state index contributed by atoms with van der Waals surface area (Å²) in [6, 6.07) is 6.13. The molecule has 2 N–H and O–H groups in total. The Labute approximate surface area is 72.5 Å². The van der Waals surface area contributed by atoms with Gasteiger partial charge in [0.25, 0.3) is 10.1 Å². The van der Waals surface area contributed by atoms with Crippen LogP contribution < -0.4 is 5.32 Å². The quantitative estimate of drug-likeness (QED) is 0.686. The molecule has 0 aliphatic carbocycles. The van der Waals surface area contributed by atoms with E-state index in [0.717, 1.165) is 0 Å². The summed E-state index contributed by atoms with van der Waals surface area (Å²) in [5.41, 5.74) is 0.389. The maximum absolute atomic E-state index is 10.7. The normalized spacial score (nSPS) is 11.2. The second-order valence-electron chi connectivity index (χ2n) is 2.22. The summed E-state index contributed by atoms with van der Waals surface area (Å²) < 4.78 is 30.2. The van der Waals surface area contributed by atoms with Gasteiger partial charge in [0.2, 0.25) is 0 Å². The molecular weight excluding hydrogens is 178 g/mol. The van der Waals surface area contributed by atoms with Gasteiger partial charge in [-0.3, -0.25) is 4.55 Å². The molecule has 0 bridgehead atoms. The summed E-state index contributed by atoms with van der Waals surface area (Å²) >= 11 is 0. The molecular formula is C7H11NO3S. The molecule has 12 heavy (non-hydrogen) atoms. The Morgan fingerprint density at radius 1 is 1.42 bits per heavy atom. The molecule has 1 rings (SSSR count). The van der Waals surface area contributed by atoms with E-state index >= 15 is 0 Å². The summed E-state index contributed by atoms with van der Waals surface area (Å²) in [4.78, 5) is -0.104. The van der Waals surface area contributed by atoms with Crippen molar-refractivity contribution in [3.05, 3.63) is 24.3 Å². The maximum Gasteiger partial charge on any atom is 0.296 e. The van der Waals surface area contributed by atoms with Crippen molar-refractivity contribution in [1.29, 1.82) is 0 Å². The highest BCUT2D eigenvalue weighted by Gasteiger charge is 2.12. The van der Waals surface area contributed by atoms with Crippen LogP contribution in [0.5, 0.6) is 0 Å². The van der Waals surface area contributed by atoms with E-state index < -0.39 is 10.1 Å². The standard InChI is InChI=1S/C7H9NO3S.H2/c1-8-6-4-2-3-5-7(6)12(9,10)11;/h2-5,8H,1H3,(H,9,10,11);1H. The minimum Gasteiger partial charge on any atom is -0.387 e. The third-order valence-corrected chi connectivity index (χ3v) is 2.35. The summed E-state index contributed by atoms with van der Waals surface area (Å²) in [6.07, 6.45) is 0. The molecule has 0 amide bonds. The van der Waals surface area contributed by atoms with E-state index in [0.29, 0.717) is 5.69 Å². The van der Waals surface area contributed by atoms with E-state index in [1.54, 1.807) is 25.2 Å². The lowest BCUT2D eigenvalue weighted by Crippen LogP contribution is -2.02. The lowest BCUT2D eigenvalue weighted by atomic mass is 10.3. The van der Waals surface area contributed by atoms with Crippen LogP contribution in [0, 0.1) is 0 Å². The Balaban J connectivity index is 0.00000144. The molecule has 0 heterocycles. The lowest BCUT2D eigenvalue weighted by Gasteiger charge is -2.04. The first kappa shape index (κ1) is 9.02. The molecule has 1 aromatic rings. The topological polar surface area (TPSA) is 66.4 Å². The summed E-state index contributed by atoms with van der Waals surface area (Å²) in [5, 5.41) is 2.66. The third-order valence-electron chi connectivity index (χ3n) is 1.43. The molecule has 0 saturated carbocycles. The van der Waals surface area contributed by atoms with Gasteiger partial charge in [-0.05, 0) is 12.1 Å². The van der Waals surface area contributed by atoms with E-state index in [2.05, 4.69) is 5.32 Å². The fraction of sp³-hybridized carbons (Fsp3) is 0.143. The van der Waals surface area contributed by atoms with E-state index in [4.69, 9.17) is 4.55 Å². The maximum atomic E-state index is 10.7. The Morgan fingerprint density at radius 2 is 2.00 bits per heavy atom. The summed E-state index contributed by atoms with van der Waals surface area (Å²) in [7, 11) is -2.52. The number of nitrogens with one attached hydrogen (secondary N) is 1. The molecule has 0 saturated heterocycles. The van der Waals surface area contributed by atoms with Gasteiger partial charge >= 0.3 is 0 Å². The first-order chi connectivity index (χ1) is 5.55. The molecule has 68 valence electrons. The molecule has 0 fully saturated rings. The van der Waals surface area contributed by atoms with Gasteiger partial charge in [0, 0.05) is 8.47 Å². The number of para-hydroxylation sites is 1. The van der Waals surface area contributed by atoms with Crippen molar-refractivity contribution in [3.8, 4) is 0 Å². The monoisotopic (exact) mass is 189 g/mol. The number of rotatable bonds is 2. The van der Waals surface area contributed by atoms with Gasteiger partial charge in [-0.25, -0.2) is 0 Å². The smallest absolute Gasteiger partial charge is 0.296 e. The SMILES string of the molecule is CNc1ccccc1S(=O)(=O)O.[HH]. The van der Waals surface area contributed by atoms with E-state index in [-0.39, 0.29) is 6.32 Å². The van der Waals surface area contributed by atoms with E-state index in [1.807, 2.05) is 0 Å². The highest BCUT2D eigenvalue weighted by Crippen LogP contribution is 2.18. The minimum atomic E-state index is -4.11. The van der Waals surface area contributed by atoms with Crippen LogP contribution in [0.15, 0.2) is 29.2 Å². The van der Waals surface area contributed by atoms with Gasteiger partial charge < -0.3 is 5.32 Å². The highest BCUT2D eigenvalue weighted by atomic mass is 32.2. The van der Waals surface area contributed by atoms with Gasteiger partial charge in [0.1, 0.15) is 4.90 Å².